The van der Waals surface area contributed by atoms with Crippen LogP contribution in [0.2, 0.25) is 0 Å². The van der Waals surface area contributed by atoms with Crippen LogP contribution >= 0.6 is 0 Å². The quantitative estimate of drug-likeness (QED) is 0.495. The van der Waals surface area contributed by atoms with Crippen molar-refractivity contribution < 1.29 is 22.7 Å². The zero-order chi connectivity index (χ0) is 22.0. The summed E-state index contributed by atoms with van der Waals surface area (Å²) in [5.74, 6) is -1.03. The van der Waals surface area contributed by atoms with Crippen LogP contribution in [0.5, 0.6) is 0 Å². The van der Waals surface area contributed by atoms with E-state index >= 15 is 0 Å². The number of hydrogen-bond acceptors (Lipinski definition) is 6. The molecule has 31 heavy (non-hydrogen) atoms. The smallest absolute Gasteiger partial charge is 0.328 e. The number of fused-ring (bicyclic) bond motifs is 2. The largest absolute Gasteiger partial charge is 0.467 e. The van der Waals surface area contributed by atoms with Gasteiger partial charge in [-0.2, -0.15) is 0 Å². The number of sulfonamides is 1. The van der Waals surface area contributed by atoms with Gasteiger partial charge in [0.15, 0.2) is 0 Å². The average molecular weight is 440 g/mol. The van der Waals surface area contributed by atoms with Gasteiger partial charge in [-0.05, 0) is 23.8 Å². The monoisotopic (exact) mass is 440 g/mol. The highest BCUT2D eigenvalue weighted by Gasteiger charge is 2.30. The van der Waals surface area contributed by atoms with E-state index in [1.165, 1.54) is 13.2 Å². The number of amidine groups is 1. The lowest BCUT2D eigenvalue weighted by Crippen LogP contribution is -2.44. The second-order valence-corrected chi connectivity index (χ2v) is 8.62. The van der Waals surface area contributed by atoms with Crippen LogP contribution in [0.4, 0.5) is 0 Å². The first-order valence-corrected chi connectivity index (χ1v) is 11.0. The maximum absolute atomic E-state index is 12.5. The van der Waals surface area contributed by atoms with E-state index in [1.807, 2.05) is 24.3 Å². The van der Waals surface area contributed by atoms with E-state index in [9.17, 15) is 18.0 Å². The van der Waals surface area contributed by atoms with Crippen molar-refractivity contribution in [3.63, 3.8) is 0 Å². The normalized spacial score (nSPS) is 16.5. The minimum absolute atomic E-state index is 0.0944. The number of hydrogen-bond donors (Lipinski definition) is 3. The maximum atomic E-state index is 12.5. The Kier molecular flexibility index (Phi) is 5.47. The Hall–Kier alpha value is -3.66. The average Bonchev–Trinajstić information content (AvgIpc) is 3.29. The van der Waals surface area contributed by atoms with Gasteiger partial charge in [-0.3, -0.25) is 14.5 Å². The van der Waals surface area contributed by atoms with Gasteiger partial charge in [0, 0.05) is 29.1 Å². The summed E-state index contributed by atoms with van der Waals surface area (Å²) in [6, 6.07) is 13.1. The number of esters is 1. The van der Waals surface area contributed by atoms with E-state index < -0.39 is 27.9 Å². The third-order valence-corrected chi connectivity index (χ3v) is 6.36. The van der Waals surface area contributed by atoms with Crippen LogP contribution in [-0.2, 0) is 30.8 Å². The molecule has 1 aliphatic heterocycles. The van der Waals surface area contributed by atoms with Crippen LogP contribution in [0.1, 0.15) is 11.1 Å². The number of ether oxygens (including phenoxy) is 1. The number of nitrogens with one attached hydrogen (secondary N) is 3. The number of nitrogens with zero attached hydrogens (tertiary/aromatic N) is 1. The van der Waals surface area contributed by atoms with Gasteiger partial charge in [-0.1, -0.05) is 30.3 Å². The molecule has 4 rings (SSSR count). The number of amides is 1. The molecule has 160 valence electrons. The predicted molar refractivity (Wildman–Crippen MR) is 114 cm³/mol. The van der Waals surface area contributed by atoms with E-state index in [0.717, 1.165) is 16.5 Å². The molecule has 1 aromatic heterocycles. The Morgan fingerprint density at radius 2 is 1.87 bits per heavy atom. The predicted octanol–water partition coefficient (Wildman–Crippen LogP) is 1.11. The van der Waals surface area contributed by atoms with Crippen LogP contribution in [0.15, 0.2) is 64.6 Å². The van der Waals surface area contributed by atoms with Crippen molar-refractivity contribution in [2.75, 3.05) is 13.7 Å². The number of para-hydroxylation sites is 1. The highest BCUT2D eigenvalue weighted by molar-refractivity contribution is 7.90. The molecule has 2 heterocycles. The lowest BCUT2D eigenvalue weighted by Gasteiger charge is -2.15. The molecule has 0 spiro atoms. The van der Waals surface area contributed by atoms with Crippen LogP contribution in [0, 0.1) is 0 Å². The van der Waals surface area contributed by atoms with E-state index in [1.54, 1.807) is 24.4 Å². The zero-order valence-electron chi connectivity index (χ0n) is 16.6. The SMILES string of the molecule is COC(=O)C(Cc1c[nH]c2ccccc12)NC(=O)CN=C1NS(=O)(=O)c2ccccc21. The molecule has 0 saturated heterocycles. The summed E-state index contributed by atoms with van der Waals surface area (Å²) in [5.41, 5.74) is 2.18. The fourth-order valence-electron chi connectivity index (χ4n) is 3.50. The molecule has 0 saturated carbocycles. The number of rotatable bonds is 6. The Labute approximate surface area is 178 Å². The molecule has 1 aliphatic rings. The molecule has 3 aromatic rings. The first-order valence-electron chi connectivity index (χ1n) is 9.48. The van der Waals surface area contributed by atoms with Crippen molar-refractivity contribution in [1.82, 2.24) is 15.0 Å². The molecule has 0 bridgehead atoms. The number of aliphatic imine (C=N–C) groups is 1. The highest BCUT2D eigenvalue weighted by atomic mass is 32.2. The van der Waals surface area contributed by atoms with Gasteiger partial charge in [0.2, 0.25) is 5.91 Å². The second kappa shape index (κ2) is 8.23. The number of methoxy groups -OCH3 is 1. The van der Waals surface area contributed by atoms with E-state index in [-0.39, 0.29) is 23.7 Å². The van der Waals surface area contributed by atoms with Gasteiger partial charge < -0.3 is 15.0 Å². The minimum Gasteiger partial charge on any atom is -0.467 e. The first-order chi connectivity index (χ1) is 14.9. The molecule has 3 N–H and O–H groups in total. The lowest BCUT2D eigenvalue weighted by molar-refractivity contribution is -0.144. The van der Waals surface area contributed by atoms with Crippen molar-refractivity contribution in [2.45, 2.75) is 17.4 Å². The zero-order valence-corrected chi connectivity index (χ0v) is 17.4. The third-order valence-electron chi connectivity index (χ3n) is 4.96. The summed E-state index contributed by atoms with van der Waals surface area (Å²) in [5, 5.41) is 3.57. The molecule has 0 fully saturated rings. The number of benzene rings is 2. The molecule has 1 amide bonds. The highest BCUT2D eigenvalue weighted by Crippen LogP contribution is 2.22. The molecule has 1 atom stereocenters. The van der Waals surface area contributed by atoms with Gasteiger partial charge in [-0.15, -0.1) is 0 Å². The van der Waals surface area contributed by atoms with Crippen molar-refractivity contribution in [3.8, 4) is 0 Å². The maximum Gasteiger partial charge on any atom is 0.328 e. The summed E-state index contributed by atoms with van der Waals surface area (Å²) in [4.78, 5) is 32.1. The van der Waals surface area contributed by atoms with Crippen molar-refractivity contribution in [2.24, 2.45) is 4.99 Å². The molecule has 9 nitrogen and oxygen atoms in total. The van der Waals surface area contributed by atoms with Gasteiger partial charge in [0.25, 0.3) is 10.0 Å². The van der Waals surface area contributed by atoms with Crippen molar-refractivity contribution >= 4 is 38.6 Å². The number of carbonyl (C=O) groups is 2. The molecule has 10 heteroatoms. The minimum atomic E-state index is -3.69. The Bertz CT molecular complexity index is 1300. The first kappa shape index (κ1) is 20.6. The molecular formula is C21H20N4O5S. The molecule has 1 unspecified atom stereocenters. The van der Waals surface area contributed by atoms with Gasteiger partial charge in [0.05, 0.1) is 12.0 Å². The van der Waals surface area contributed by atoms with Crippen LogP contribution in [-0.4, -0.2) is 50.8 Å². The Morgan fingerprint density at radius 3 is 2.68 bits per heavy atom. The number of carbonyl (C=O) groups excluding carboxylic acids is 2. The standard InChI is InChI=1S/C21H20N4O5S/c1-30-21(27)17(10-13-11-22-16-8-4-2-6-14(13)16)24-19(26)12-23-20-15-7-3-5-9-18(15)31(28,29)25-20/h2-9,11,17,22H,10,12H2,1H3,(H,23,25)(H,24,26). The second-order valence-electron chi connectivity index (χ2n) is 6.97. The number of aromatic nitrogens is 1. The van der Waals surface area contributed by atoms with Crippen LogP contribution in [0.25, 0.3) is 10.9 Å². The van der Waals surface area contributed by atoms with Gasteiger partial charge in [0.1, 0.15) is 18.4 Å². The molecule has 2 aromatic carbocycles. The summed E-state index contributed by atoms with van der Waals surface area (Å²) < 4.78 is 31.5. The topological polar surface area (TPSA) is 130 Å². The van der Waals surface area contributed by atoms with E-state index in [4.69, 9.17) is 4.74 Å². The molecular weight excluding hydrogens is 420 g/mol. The number of H-pyrrole nitrogens is 1. The fraction of sp³-hybridized carbons (Fsp3) is 0.190. The third kappa shape index (κ3) is 4.15. The van der Waals surface area contributed by atoms with Gasteiger partial charge in [-0.25, -0.2) is 13.2 Å². The van der Waals surface area contributed by atoms with Crippen molar-refractivity contribution in [3.05, 3.63) is 65.9 Å². The van der Waals surface area contributed by atoms with E-state index in [0.29, 0.717) is 5.56 Å². The Morgan fingerprint density at radius 1 is 1.13 bits per heavy atom. The molecule has 0 radical (unpaired) electrons. The summed E-state index contributed by atoms with van der Waals surface area (Å²) in [6.07, 6.45) is 2.02. The summed E-state index contributed by atoms with van der Waals surface area (Å²) >= 11 is 0. The van der Waals surface area contributed by atoms with E-state index in [2.05, 4.69) is 20.0 Å². The van der Waals surface area contributed by atoms with Crippen LogP contribution < -0.4 is 10.0 Å². The fourth-order valence-corrected chi connectivity index (χ4v) is 4.75. The lowest BCUT2D eigenvalue weighted by atomic mass is 10.0. The number of aromatic amines is 1. The summed E-state index contributed by atoms with van der Waals surface area (Å²) in [6.45, 7) is -0.354. The summed E-state index contributed by atoms with van der Waals surface area (Å²) in [7, 11) is -2.44. The van der Waals surface area contributed by atoms with Crippen molar-refractivity contribution in [1.29, 1.82) is 0 Å². The Balaban J connectivity index is 1.49. The van der Waals surface area contributed by atoms with Gasteiger partial charge >= 0.3 is 5.97 Å². The van der Waals surface area contributed by atoms with Crippen LogP contribution in [0.3, 0.4) is 0 Å². The molecule has 0 aliphatic carbocycles.